The van der Waals surface area contributed by atoms with Crippen LogP contribution < -0.4 is 9.80 Å². The van der Waals surface area contributed by atoms with Crippen LogP contribution in [0.15, 0.2) is 36.5 Å². The number of ketones is 1. The molecule has 10 heteroatoms. The lowest BCUT2D eigenvalue weighted by molar-refractivity contribution is -0.418. The second kappa shape index (κ2) is 8.91. The molecule has 0 unspecified atom stereocenters. The summed E-state index contributed by atoms with van der Waals surface area (Å²) in [7, 11) is 1.32. The highest BCUT2D eigenvalue weighted by Crippen LogP contribution is 2.34. The second-order valence-corrected chi connectivity index (χ2v) is 7.31. The Morgan fingerprint density at radius 1 is 1.20 bits per heavy atom. The zero-order valence-corrected chi connectivity index (χ0v) is 17.0. The van der Waals surface area contributed by atoms with Gasteiger partial charge in [0, 0.05) is 43.6 Å². The standard InChI is InChI=1S/C20H20ClF3N4O2/c1-26(30)7-6-18(29)14-2-4-16(5-3-14)27-8-10-28(11-9-27)19-17(21)12-15(13-25-19)20(22,23)24/h2-5,7,12-13H,6,8-11H2,1H3/b26-7+. The molecule has 1 saturated heterocycles. The van der Waals surface area contributed by atoms with E-state index in [1.54, 1.807) is 12.1 Å². The summed E-state index contributed by atoms with van der Waals surface area (Å²) < 4.78 is 38.9. The third-order valence-corrected chi connectivity index (χ3v) is 5.09. The SMILES string of the molecule is C/[N+]([O-])=C\CC(=O)c1ccc(N2CCN(c3ncc(C(F)(F)F)cc3Cl)CC2)cc1. The van der Waals surface area contributed by atoms with Crippen LogP contribution in [0.25, 0.3) is 0 Å². The predicted octanol–water partition coefficient (Wildman–Crippen LogP) is 3.86. The minimum atomic E-state index is -4.48. The highest BCUT2D eigenvalue weighted by atomic mass is 35.5. The van der Waals surface area contributed by atoms with E-state index in [1.165, 1.54) is 13.3 Å². The van der Waals surface area contributed by atoms with Gasteiger partial charge >= 0.3 is 6.18 Å². The van der Waals surface area contributed by atoms with Gasteiger partial charge in [-0.25, -0.2) is 9.72 Å². The summed E-state index contributed by atoms with van der Waals surface area (Å²) >= 11 is 6.04. The van der Waals surface area contributed by atoms with Gasteiger partial charge in [0.25, 0.3) is 0 Å². The van der Waals surface area contributed by atoms with Crippen LogP contribution in [0.1, 0.15) is 22.3 Å². The average Bonchev–Trinajstić information content (AvgIpc) is 2.71. The van der Waals surface area contributed by atoms with Crippen LogP contribution in [-0.4, -0.2) is 54.9 Å². The predicted molar refractivity (Wildman–Crippen MR) is 110 cm³/mol. The first-order chi connectivity index (χ1) is 14.1. The summed E-state index contributed by atoms with van der Waals surface area (Å²) in [5.74, 6) is 0.196. The molecule has 1 aliphatic rings. The van der Waals surface area contributed by atoms with Gasteiger partial charge in [-0.2, -0.15) is 13.2 Å². The summed E-state index contributed by atoms with van der Waals surface area (Å²) in [4.78, 5) is 19.9. The number of Topliss-reactive ketones (excluding diaryl/α,β-unsaturated/α-hetero) is 1. The molecule has 1 aromatic heterocycles. The van der Waals surface area contributed by atoms with Crippen molar-refractivity contribution in [3.63, 3.8) is 0 Å². The van der Waals surface area contributed by atoms with Crippen LogP contribution in [-0.2, 0) is 6.18 Å². The van der Waals surface area contributed by atoms with E-state index in [0.29, 0.717) is 42.3 Å². The molecule has 2 aromatic rings. The maximum Gasteiger partial charge on any atom is 0.417 e. The molecule has 2 heterocycles. The highest BCUT2D eigenvalue weighted by molar-refractivity contribution is 6.33. The van der Waals surface area contributed by atoms with Gasteiger partial charge < -0.3 is 15.0 Å². The number of carbonyl (C=O) groups is 1. The summed E-state index contributed by atoms with van der Waals surface area (Å²) in [6.45, 7) is 2.34. The van der Waals surface area contributed by atoms with Crippen molar-refractivity contribution in [3.8, 4) is 0 Å². The molecule has 0 spiro atoms. The van der Waals surface area contributed by atoms with Gasteiger partial charge in [-0.15, -0.1) is 0 Å². The van der Waals surface area contributed by atoms with Crippen LogP contribution in [0.4, 0.5) is 24.7 Å². The Labute approximate surface area is 176 Å². The molecule has 1 aliphatic heterocycles. The molecule has 6 nitrogen and oxygen atoms in total. The van der Waals surface area contributed by atoms with Gasteiger partial charge in [-0.3, -0.25) is 4.79 Å². The number of pyridine rings is 1. The van der Waals surface area contributed by atoms with Crippen molar-refractivity contribution in [3.05, 3.63) is 57.9 Å². The van der Waals surface area contributed by atoms with E-state index in [4.69, 9.17) is 11.6 Å². The second-order valence-electron chi connectivity index (χ2n) is 6.90. The van der Waals surface area contributed by atoms with E-state index in [-0.39, 0.29) is 17.2 Å². The molecule has 0 amide bonds. The highest BCUT2D eigenvalue weighted by Gasteiger charge is 2.32. The number of piperazine rings is 1. The third-order valence-electron chi connectivity index (χ3n) is 4.82. The number of anilines is 2. The van der Waals surface area contributed by atoms with Crippen molar-refractivity contribution in [2.75, 3.05) is 43.0 Å². The fourth-order valence-corrected chi connectivity index (χ4v) is 3.47. The number of halogens is 4. The molecular formula is C20H20ClF3N4O2. The Hall–Kier alpha value is -2.81. The third kappa shape index (κ3) is 5.21. The molecule has 160 valence electrons. The van der Waals surface area contributed by atoms with E-state index in [2.05, 4.69) is 9.88 Å². The number of hydrogen-bond donors (Lipinski definition) is 0. The molecule has 1 aromatic carbocycles. The largest absolute Gasteiger partial charge is 0.624 e. The zero-order chi connectivity index (χ0) is 21.9. The molecule has 3 rings (SSSR count). The molecule has 0 radical (unpaired) electrons. The number of carbonyl (C=O) groups excluding carboxylic acids is 1. The summed E-state index contributed by atoms with van der Waals surface area (Å²) in [5, 5.41) is 10.9. The molecule has 0 bridgehead atoms. The zero-order valence-electron chi connectivity index (χ0n) is 16.2. The quantitative estimate of drug-likeness (QED) is 0.232. The first-order valence-corrected chi connectivity index (χ1v) is 9.62. The van der Waals surface area contributed by atoms with Gasteiger partial charge in [0.1, 0.15) is 12.9 Å². The van der Waals surface area contributed by atoms with Crippen molar-refractivity contribution in [1.82, 2.24) is 4.98 Å². The summed E-state index contributed by atoms with van der Waals surface area (Å²) in [5.41, 5.74) is 0.586. The van der Waals surface area contributed by atoms with Crippen LogP contribution in [0.2, 0.25) is 5.02 Å². The fourth-order valence-electron chi connectivity index (χ4n) is 3.18. The van der Waals surface area contributed by atoms with Crippen molar-refractivity contribution in [2.45, 2.75) is 12.6 Å². The smallest absolute Gasteiger partial charge is 0.417 e. The molecule has 0 N–H and O–H groups in total. The summed E-state index contributed by atoms with van der Waals surface area (Å²) in [6.07, 6.45) is -2.37. The van der Waals surface area contributed by atoms with Crippen LogP contribution in [0.3, 0.4) is 0 Å². The first-order valence-electron chi connectivity index (χ1n) is 9.24. The minimum Gasteiger partial charge on any atom is -0.624 e. The number of hydroxylamine groups is 1. The van der Waals surface area contributed by atoms with E-state index in [1.807, 2.05) is 17.0 Å². The van der Waals surface area contributed by atoms with Crippen LogP contribution >= 0.6 is 11.6 Å². The Kier molecular flexibility index (Phi) is 6.50. The number of rotatable bonds is 5. The van der Waals surface area contributed by atoms with Crippen LogP contribution in [0.5, 0.6) is 0 Å². The van der Waals surface area contributed by atoms with E-state index >= 15 is 0 Å². The van der Waals surface area contributed by atoms with Gasteiger partial charge in [0.05, 0.1) is 17.0 Å². The minimum absolute atomic E-state index is 0.0262. The molecular weight excluding hydrogens is 421 g/mol. The Bertz CT molecular complexity index is 936. The van der Waals surface area contributed by atoms with Gasteiger partial charge in [0.15, 0.2) is 12.0 Å². The summed E-state index contributed by atoms with van der Waals surface area (Å²) in [6, 6.07) is 8.02. The lowest BCUT2D eigenvalue weighted by Gasteiger charge is -2.37. The molecule has 30 heavy (non-hydrogen) atoms. The Balaban J connectivity index is 1.62. The maximum atomic E-state index is 12.8. The molecule has 0 saturated carbocycles. The van der Waals surface area contributed by atoms with E-state index in [0.717, 1.165) is 18.0 Å². The topological polar surface area (TPSA) is 62.5 Å². The Morgan fingerprint density at radius 3 is 2.33 bits per heavy atom. The van der Waals surface area contributed by atoms with E-state index in [9.17, 15) is 23.2 Å². The molecule has 0 aliphatic carbocycles. The van der Waals surface area contributed by atoms with Crippen molar-refractivity contribution >= 4 is 35.1 Å². The first kappa shape index (κ1) is 21.9. The van der Waals surface area contributed by atoms with Crippen molar-refractivity contribution < 1.29 is 22.7 Å². The number of hydrogen-bond acceptors (Lipinski definition) is 5. The maximum absolute atomic E-state index is 12.8. The molecule has 1 fully saturated rings. The normalized spacial score (nSPS) is 15.4. The van der Waals surface area contributed by atoms with Gasteiger partial charge in [0.2, 0.25) is 0 Å². The van der Waals surface area contributed by atoms with Crippen molar-refractivity contribution in [1.29, 1.82) is 0 Å². The van der Waals surface area contributed by atoms with Crippen molar-refractivity contribution in [2.24, 2.45) is 0 Å². The monoisotopic (exact) mass is 440 g/mol. The number of aromatic nitrogens is 1. The van der Waals surface area contributed by atoms with E-state index < -0.39 is 11.7 Å². The average molecular weight is 441 g/mol. The number of benzene rings is 1. The van der Waals surface area contributed by atoms with Gasteiger partial charge in [-0.1, -0.05) is 11.6 Å². The lowest BCUT2D eigenvalue weighted by Crippen LogP contribution is -2.47. The van der Waals surface area contributed by atoms with Crippen LogP contribution in [0, 0.1) is 5.21 Å². The number of nitrogens with zero attached hydrogens (tertiary/aromatic N) is 4. The Morgan fingerprint density at radius 2 is 1.80 bits per heavy atom. The fraction of sp³-hybridized carbons (Fsp3) is 0.350. The lowest BCUT2D eigenvalue weighted by atomic mass is 10.1. The molecule has 0 atom stereocenters. The number of alkyl halides is 3. The van der Waals surface area contributed by atoms with Gasteiger partial charge in [-0.05, 0) is 30.3 Å².